The van der Waals surface area contributed by atoms with Crippen LogP contribution in [0.4, 0.5) is 5.69 Å². The van der Waals surface area contributed by atoms with Gasteiger partial charge in [-0.25, -0.2) is 0 Å². The van der Waals surface area contributed by atoms with Crippen LogP contribution in [0.2, 0.25) is 0 Å². The minimum absolute atomic E-state index is 0.646. The van der Waals surface area contributed by atoms with E-state index < -0.39 is 0 Å². The quantitative estimate of drug-likeness (QED) is 0.774. The molecule has 3 aromatic rings. The van der Waals surface area contributed by atoms with Gasteiger partial charge in [-0.15, -0.1) is 0 Å². The molecule has 96 valence electrons. The van der Waals surface area contributed by atoms with Crippen molar-refractivity contribution in [2.24, 2.45) is 0 Å². The molecule has 0 amide bonds. The number of fused-ring (bicyclic) bond motifs is 1. The smallest absolute Gasteiger partial charge is 0.124 e. The number of hydrogen-bond acceptors (Lipinski definition) is 4. The van der Waals surface area contributed by atoms with E-state index in [2.05, 4.69) is 34.5 Å². The second kappa shape index (κ2) is 5.10. The summed E-state index contributed by atoms with van der Waals surface area (Å²) < 4.78 is 4.83. The van der Waals surface area contributed by atoms with E-state index in [0.29, 0.717) is 6.54 Å². The number of hydrogen-bond donors (Lipinski definition) is 1. The van der Waals surface area contributed by atoms with Gasteiger partial charge in [0.1, 0.15) is 12.0 Å². The fraction of sp³-hybridized carbons (Fsp3) is 0.200. The van der Waals surface area contributed by atoms with E-state index in [0.717, 1.165) is 34.4 Å². The van der Waals surface area contributed by atoms with Crippen LogP contribution < -0.4 is 5.32 Å². The summed E-state index contributed by atoms with van der Waals surface area (Å²) >= 11 is 0. The summed E-state index contributed by atoms with van der Waals surface area (Å²) in [4.78, 5) is 4.63. The van der Waals surface area contributed by atoms with Crippen molar-refractivity contribution in [1.29, 1.82) is 0 Å². The molecule has 0 saturated carbocycles. The molecule has 1 aromatic carbocycles. The molecule has 19 heavy (non-hydrogen) atoms. The third-order valence-electron chi connectivity index (χ3n) is 3.08. The molecular weight excluding hydrogens is 238 g/mol. The largest absolute Gasteiger partial charge is 0.379 e. The molecule has 0 radical (unpaired) electrons. The molecule has 0 fully saturated rings. The van der Waals surface area contributed by atoms with Gasteiger partial charge in [-0.2, -0.15) is 0 Å². The molecule has 3 rings (SSSR count). The summed E-state index contributed by atoms with van der Waals surface area (Å²) in [6.45, 7) is 2.76. The van der Waals surface area contributed by atoms with Crippen LogP contribution in [0, 0.1) is 0 Å². The normalized spacial score (nSPS) is 10.8. The standard InChI is InChI=1S/C15H15N3O/c1-2-11-9-15(16-10-12-7-8-19-18-12)13-5-3-4-6-14(13)17-11/h3-9H,2,10H2,1H3,(H,16,17). The number of para-hydroxylation sites is 1. The Morgan fingerprint density at radius 2 is 2.05 bits per heavy atom. The van der Waals surface area contributed by atoms with E-state index in [4.69, 9.17) is 4.52 Å². The number of nitrogens with zero attached hydrogens (tertiary/aromatic N) is 2. The van der Waals surface area contributed by atoms with E-state index in [-0.39, 0.29) is 0 Å². The predicted molar refractivity (Wildman–Crippen MR) is 75.0 cm³/mol. The van der Waals surface area contributed by atoms with Crippen LogP contribution in [0.3, 0.4) is 0 Å². The van der Waals surface area contributed by atoms with E-state index in [1.807, 2.05) is 24.3 Å². The van der Waals surface area contributed by atoms with Crippen LogP contribution >= 0.6 is 0 Å². The molecule has 0 aliphatic heterocycles. The van der Waals surface area contributed by atoms with Crippen molar-refractivity contribution in [2.75, 3.05) is 5.32 Å². The van der Waals surface area contributed by atoms with Crippen molar-refractivity contribution in [2.45, 2.75) is 19.9 Å². The lowest BCUT2D eigenvalue weighted by molar-refractivity contribution is 0.412. The Balaban J connectivity index is 1.96. The predicted octanol–water partition coefficient (Wildman–Crippen LogP) is 3.40. The first-order valence-corrected chi connectivity index (χ1v) is 6.38. The number of aromatic nitrogens is 2. The van der Waals surface area contributed by atoms with Gasteiger partial charge in [0.2, 0.25) is 0 Å². The van der Waals surface area contributed by atoms with Crippen molar-refractivity contribution in [3.8, 4) is 0 Å². The number of rotatable bonds is 4. The maximum Gasteiger partial charge on any atom is 0.124 e. The second-order valence-corrected chi connectivity index (χ2v) is 4.38. The zero-order valence-corrected chi connectivity index (χ0v) is 10.8. The molecule has 0 atom stereocenters. The summed E-state index contributed by atoms with van der Waals surface area (Å²) in [6.07, 6.45) is 2.50. The first kappa shape index (κ1) is 11.7. The van der Waals surface area contributed by atoms with E-state index in [1.54, 1.807) is 6.26 Å². The van der Waals surface area contributed by atoms with Crippen LogP contribution in [0.15, 0.2) is 47.2 Å². The first-order valence-electron chi connectivity index (χ1n) is 6.38. The molecule has 4 nitrogen and oxygen atoms in total. The molecule has 4 heteroatoms. The molecule has 0 spiro atoms. The van der Waals surface area contributed by atoms with Crippen molar-refractivity contribution in [1.82, 2.24) is 10.1 Å². The summed E-state index contributed by atoms with van der Waals surface area (Å²) in [5.41, 5.74) is 4.08. The molecule has 2 heterocycles. The fourth-order valence-corrected chi connectivity index (χ4v) is 2.07. The average molecular weight is 253 g/mol. The summed E-state index contributed by atoms with van der Waals surface area (Å²) in [7, 11) is 0. The third-order valence-corrected chi connectivity index (χ3v) is 3.08. The zero-order chi connectivity index (χ0) is 13.1. The van der Waals surface area contributed by atoms with E-state index in [9.17, 15) is 0 Å². The topological polar surface area (TPSA) is 51.0 Å². The van der Waals surface area contributed by atoms with Crippen LogP contribution in [0.1, 0.15) is 18.3 Å². The van der Waals surface area contributed by atoms with E-state index >= 15 is 0 Å². The Kier molecular flexibility index (Phi) is 3.14. The zero-order valence-electron chi connectivity index (χ0n) is 10.8. The van der Waals surface area contributed by atoms with Crippen LogP contribution in [0.25, 0.3) is 10.9 Å². The minimum atomic E-state index is 0.646. The Labute approximate surface area is 111 Å². The Morgan fingerprint density at radius 1 is 1.16 bits per heavy atom. The van der Waals surface area contributed by atoms with Gasteiger partial charge in [0, 0.05) is 22.8 Å². The Morgan fingerprint density at radius 3 is 2.84 bits per heavy atom. The molecular formula is C15H15N3O. The van der Waals surface area contributed by atoms with Crippen LogP contribution in [-0.4, -0.2) is 10.1 Å². The SMILES string of the molecule is CCc1cc(NCc2ccon2)c2ccccc2n1. The lowest BCUT2D eigenvalue weighted by Gasteiger charge is -2.10. The summed E-state index contributed by atoms with van der Waals surface area (Å²) in [5, 5.41) is 8.43. The van der Waals surface area contributed by atoms with Gasteiger partial charge in [-0.1, -0.05) is 30.3 Å². The number of nitrogens with one attached hydrogen (secondary N) is 1. The number of anilines is 1. The number of benzene rings is 1. The number of pyridine rings is 1. The van der Waals surface area contributed by atoms with Gasteiger partial charge in [0.15, 0.2) is 0 Å². The van der Waals surface area contributed by atoms with Crippen molar-refractivity contribution >= 4 is 16.6 Å². The molecule has 1 N–H and O–H groups in total. The van der Waals surface area contributed by atoms with Gasteiger partial charge in [-0.3, -0.25) is 4.98 Å². The molecule has 0 saturated heterocycles. The highest BCUT2D eigenvalue weighted by Crippen LogP contribution is 2.23. The van der Waals surface area contributed by atoms with Gasteiger partial charge < -0.3 is 9.84 Å². The van der Waals surface area contributed by atoms with Crippen molar-refractivity contribution < 1.29 is 4.52 Å². The minimum Gasteiger partial charge on any atom is -0.379 e. The van der Waals surface area contributed by atoms with Crippen molar-refractivity contribution in [3.05, 3.63) is 54.0 Å². The van der Waals surface area contributed by atoms with Gasteiger partial charge in [0.05, 0.1) is 12.1 Å². The second-order valence-electron chi connectivity index (χ2n) is 4.38. The Bertz CT molecular complexity index is 677. The summed E-state index contributed by atoms with van der Waals surface area (Å²) in [5.74, 6) is 0. The highest BCUT2D eigenvalue weighted by molar-refractivity contribution is 5.91. The summed E-state index contributed by atoms with van der Waals surface area (Å²) in [6, 6.07) is 12.1. The van der Waals surface area contributed by atoms with Crippen molar-refractivity contribution in [3.63, 3.8) is 0 Å². The highest BCUT2D eigenvalue weighted by atomic mass is 16.5. The fourth-order valence-electron chi connectivity index (χ4n) is 2.07. The number of aryl methyl sites for hydroxylation is 1. The molecule has 0 unspecified atom stereocenters. The average Bonchev–Trinajstić information content (AvgIpc) is 2.97. The highest BCUT2D eigenvalue weighted by Gasteiger charge is 2.05. The third kappa shape index (κ3) is 2.42. The van der Waals surface area contributed by atoms with Crippen LogP contribution in [0.5, 0.6) is 0 Å². The maximum atomic E-state index is 4.83. The molecule has 0 aliphatic rings. The lowest BCUT2D eigenvalue weighted by atomic mass is 10.1. The van der Waals surface area contributed by atoms with Gasteiger partial charge in [-0.05, 0) is 18.6 Å². The molecule has 0 aliphatic carbocycles. The maximum absolute atomic E-state index is 4.83. The monoisotopic (exact) mass is 253 g/mol. The van der Waals surface area contributed by atoms with Gasteiger partial charge in [0.25, 0.3) is 0 Å². The Hall–Kier alpha value is -2.36. The van der Waals surface area contributed by atoms with E-state index in [1.165, 1.54) is 0 Å². The molecule has 0 bridgehead atoms. The molecule has 2 aromatic heterocycles. The van der Waals surface area contributed by atoms with Crippen LogP contribution in [-0.2, 0) is 13.0 Å². The lowest BCUT2D eigenvalue weighted by Crippen LogP contribution is -2.02. The van der Waals surface area contributed by atoms with Gasteiger partial charge >= 0.3 is 0 Å². The first-order chi connectivity index (χ1) is 9.36.